The van der Waals surface area contributed by atoms with E-state index in [1.165, 1.54) is 36.4 Å². The van der Waals surface area contributed by atoms with E-state index in [0.717, 1.165) is 12.7 Å². The molecule has 4 aromatic rings. The van der Waals surface area contributed by atoms with E-state index in [-0.39, 0.29) is 52.4 Å². The lowest BCUT2D eigenvalue weighted by molar-refractivity contribution is -0.139. The van der Waals surface area contributed by atoms with E-state index in [2.05, 4.69) is 50.5 Å². The van der Waals surface area contributed by atoms with E-state index < -0.39 is 18.0 Å². The van der Waals surface area contributed by atoms with E-state index >= 15 is 0 Å². The van der Waals surface area contributed by atoms with Crippen LogP contribution in [-0.4, -0.2) is 38.4 Å². The Labute approximate surface area is 300 Å². The number of carbonyl (C=O) groups is 2. The van der Waals surface area contributed by atoms with Gasteiger partial charge in [-0.25, -0.2) is 4.79 Å². The van der Waals surface area contributed by atoms with Crippen molar-refractivity contribution in [1.29, 1.82) is 0 Å². The zero-order valence-corrected chi connectivity index (χ0v) is 29.1. The molecule has 0 saturated heterocycles. The Morgan fingerprint density at radius 2 is 1.56 bits per heavy atom. The summed E-state index contributed by atoms with van der Waals surface area (Å²) < 4.78 is 13.7. The normalized spacial score (nSPS) is 11.9. The highest BCUT2D eigenvalue weighted by molar-refractivity contribution is 14.1. The number of aromatic carboxylic acids is 1. The molecule has 6 rings (SSSR count). The lowest BCUT2D eigenvalue weighted by Gasteiger charge is -2.20. The lowest BCUT2D eigenvalue weighted by Crippen LogP contribution is -2.38. The highest BCUT2D eigenvalue weighted by atomic mass is 127. The molecule has 1 unspecified atom stereocenters. The van der Waals surface area contributed by atoms with Gasteiger partial charge in [-0.2, -0.15) is 0 Å². The number of carboxylic acid groups (broad SMARTS) is 2. The Morgan fingerprint density at radius 3 is 2.25 bits per heavy atom. The predicted octanol–water partition coefficient (Wildman–Crippen LogP) is 7.46. The summed E-state index contributed by atoms with van der Waals surface area (Å²) >= 11 is 4.25. The summed E-state index contributed by atoms with van der Waals surface area (Å²) in [6.45, 7) is -0.123. The summed E-state index contributed by atoms with van der Waals surface area (Å²) in [6, 6.07) is 22.7. The number of rotatable bonds is 10. The van der Waals surface area contributed by atoms with Gasteiger partial charge < -0.3 is 29.6 Å². The largest absolute Gasteiger partial charge is 0.508 e. The molecule has 0 saturated carbocycles. The molecule has 5 N–H and O–H groups in total. The number of aliphatic carboxylic acids is 1. The fourth-order valence-electron chi connectivity index (χ4n) is 5.50. The molecule has 0 aromatic heterocycles. The maximum absolute atomic E-state index is 12.4. The molecular weight excluding hydrogens is 844 g/mol. The first-order valence-corrected chi connectivity index (χ1v) is 16.6. The van der Waals surface area contributed by atoms with Crippen molar-refractivity contribution >= 4 is 68.1 Å². The summed E-state index contributed by atoms with van der Waals surface area (Å²) in [6.07, 6.45) is 0.100. The van der Waals surface area contributed by atoms with Gasteiger partial charge >= 0.3 is 11.9 Å². The number of benzene rings is 5. The molecule has 0 amide bonds. The number of ether oxygens (including phenoxy) is 1. The molecule has 2 aliphatic rings. The highest BCUT2D eigenvalue weighted by Crippen LogP contribution is 2.43. The van der Waals surface area contributed by atoms with Gasteiger partial charge in [0.2, 0.25) is 0 Å². The van der Waals surface area contributed by atoms with Gasteiger partial charge in [-0.1, -0.05) is 18.2 Å². The van der Waals surface area contributed by atoms with Crippen molar-refractivity contribution in [2.45, 2.75) is 19.0 Å². The molecule has 0 radical (unpaired) electrons. The number of phenols is 2. The molecule has 1 heterocycles. The summed E-state index contributed by atoms with van der Waals surface area (Å²) in [5, 5.41) is 44.2. The van der Waals surface area contributed by atoms with Crippen LogP contribution in [0.2, 0.25) is 0 Å². The molecule has 1 atom stereocenters. The highest BCUT2D eigenvalue weighted by Gasteiger charge is 2.25. The van der Waals surface area contributed by atoms with Crippen LogP contribution in [-0.2, 0) is 17.8 Å². The molecule has 0 bridgehead atoms. The third-order valence-electron chi connectivity index (χ3n) is 7.74. The van der Waals surface area contributed by atoms with Gasteiger partial charge in [-0.05, 0) is 129 Å². The predicted molar refractivity (Wildman–Crippen MR) is 195 cm³/mol. The van der Waals surface area contributed by atoms with Crippen LogP contribution in [0.4, 0.5) is 0 Å². The quantitative estimate of drug-likeness (QED) is 0.0689. The van der Waals surface area contributed by atoms with Crippen LogP contribution >= 0.6 is 45.2 Å². The Morgan fingerprint density at radius 1 is 0.854 bits per heavy atom. The third-order valence-corrected chi connectivity index (χ3v) is 9.35. The van der Waals surface area contributed by atoms with Crippen LogP contribution in [0, 0.1) is 7.14 Å². The van der Waals surface area contributed by atoms with Crippen molar-refractivity contribution in [1.82, 2.24) is 5.32 Å². The number of carboxylic acids is 2. The molecule has 0 fully saturated rings. The van der Waals surface area contributed by atoms with Crippen LogP contribution < -0.4 is 15.5 Å². The van der Waals surface area contributed by atoms with E-state index in [0.29, 0.717) is 33.6 Å². The molecule has 4 aromatic carbocycles. The minimum Gasteiger partial charge on any atom is -0.508 e. The monoisotopic (exact) mass is 869 g/mol. The van der Waals surface area contributed by atoms with Crippen molar-refractivity contribution in [2.75, 3.05) is 0 Å². The maximum atomic E-state index is 12.4. The maximum Gasteiger partial charge on any atom is 0.336 e. The van der Waals surface area contributed by atoms with Gasteiger partial charge in [0.25, 0.3) is 0 Å². The van der Waals surface area contributed by atoms with Crippen LogP contribution in [0.25, 0.3) is 33.4 Å². The van der Waals surface area contributed by atoms with E-state index in [4.69, 9.17) is 9.15 Å². The Kier molecular flexibility index (Phi) is 9.57. The molecule has 12 heteroatoms. The van der Waals surface area contributed by atoms with Gasteiger partial charge in [0.05, 0.1) is 18.3 Å². The number of nitrogens with one attached hydrogen (secondary N) is 1. The van der Waals surface area contributed by atoms with Crippen LogP contribution in [0.3, 0.4) is 0 Å². The summed E-state index contributed by atoms with van der Waals surface area (Å²) in [5.41, 5.74) is 2.27. The topological polar surface area (TPSA) is 167 Å². The first-order valence-electron chi connectivity index (χ1n) is 14.4. The van der Waals surface area contributed by atoms with Gasteiger partial charge in [0, 0.05) is 29.1 Å². The van der Waals surface area contributed by atoms with Crippen LogP contribution in [0.1, 0.15) is 21.5 Å². The average Bonchev–Trinajstić information content (AvgIpc) is 3.05. The number of phenolic OH excluding ortho intramolecular Hbond substituents is 2. The fraction of sp³-hybridized carbons (Fsp3) is 0.0833. The molecule has 0 spiro atoms. The van der Waals surface area contributed by atoms with Crippen molar-refractivity contribution in [2.24, 2.45) is 0 Å². The Balaban J connectivity index is 1.36. The van der Waals surface area contributed by atoms with E-state index in [9.17, 15) is 34.8 Å². The van der Waals surface area contributed by atoms with Gasteiger partial charge in [0.15, 0.2) is 11.2 Å². The molecular formula is C36H25I2NO9. The summed E-state index contributed by atoms with van der Waals surface area (Å²) in [4.78, 5) is 37.0. The minimum absolute atomic E-state index is 0.0416. The lowest BCUT2D eigenvalue weighted by atomic mass is 9.90. The Hall–Kier alpha value is -4.67. The van der Waals surface area contributed by atoms with Gasteiger partial charge in [-0.15, -0.1) is 0 Å². The standard InChI is InChI=1S/C36H25I2NO9/c37-27-13-18(14-28(38)34(27)47-21-8-5-19(40)6-9-21)15-29(36(45)46)39-17-26-30(42)12-11-25-32(22-3-1-2-4-23(22)35(43)44)24-10-7-20(41)16-31(24)48-33(25)26/h1-14,16,29,39-40,42H,15,17H2,(H,43,44)(H,45,46). The fourth-order valence-corrected chi connectivity index (χ4v) is 7.61. The number of fused-ring (bicyclic) bond motifs is 2. The molecule has 1 aliphatic carbocycles. The zero-order chi connectivity index (χ0) is 34.1. The molecule has 242 valence electrons. The Bertz CT molecular complexity index is 2210. The second-order valence-electron chi connectivity index (χ2n) is 10.9. The van der Waals surface area contributed by atoms with Crippen molar-refractivity contribution in [3.05, 3.63) is 125 Å². The van der Waals surface area contributed by atoms with Crippen molar-refractivity contribution in [3.63, 3.8) is 0 Å². The first-order chi connectivity index (χ1) is 23.0. The average molecular weight is 869 g/mol. The van der Waals surface area contributed by atoms with Crippen molar-refractivity contribution in [3.8, 4) is 45.4 Å². The van der Waals surface area contributed by atoms with E-state index in [1.54, 1.807) is 42.5 Å². The number of halogens is 2. The molecule has 10 nitrogen and oxygen atoms in total. The molecule has 1 aliphatic heterocycles. The SMILES string of the molecule is O=C(O)c1ccccc1-c1c2ccc(=O)cc-2oc2c(CNC(Cc3cc(I)c(Oc4ccc(O)cc4)c(I)c3)C(=O)O)c(O)ccc12. The van der Waals surface area contributed by atoms with Crippen LogP contribution in [0.5, 0.6) is 23.0 Å². The number of hydrogen-bond donors (Lipinski definition) is 5. The van der Waals surface area contributed by atoms with Gasteiger partial charge in [-0.3, -0.25) is 14.9 Å². The third kappa shape index (κ3) is 6.81. The summed E-state index contributed by atoms with van der Waals surface area (Å²) in [5.74, 6) is -0.977. The second kappa shape index (κ2) is 13.8. The smallest absolute Gasteiger partial charge is 0.336 e. The minimum atomic E-state index is -1.14. The van der Waals surface area contributed by atoms with Gasteiger partial charge in [0.1, 0.15) is 34.6 Å². The van der Waals surface area contributed by atoms with E-state index in [1.807, 2.05) is 12.1 Å². The number of hydrogen-bond acceptors (Lipinski definition) is 8. The first kappa shape index (κ1) is 33.2. The van der Waals surface area contributed by atoms with Crippen LogP contribution in [0.15, 0.2) is 100 Å². The second-order valence-corrected chi connectivity index (χ2v) is 13.2. The number of aromatic hydroxyl groups is 2. The summed E-state index contributed by atoms with van der Waals surface area (Å²) in [7, 11) is 0. The zero-order valence-electron chi connectivity index (χ0n) is 24.7. The van der Waals surface area contributed by atoms with Crippen molar-refractivity contribution < 1.29 is 39.2 Å². The molecule has 48 heavy (non-hydrogen) atoms.